The van der Waals surface area contributed by atoms with Crippen LogP contribution in [0, 0.1) is 6.92 Å². The summed E-state index contributed by atoms with van der Waals surface area (Å²) < 4.78 is 10.8. The second kappa shape index (κ2) is 6.24. The molecule has 0 radical (unpaired) electrons. The van der Waals surface area contributed by atoms with E-state index in [9.17, 15) is 4.79 Å². The van der Waals surface area contributed by atoms with Crippen molar-refractivity contribution in [3.63, 3.8) is 0 Å². The number of nitrogens with zero attached hydrogens (tertiary/aromatic N) is 1. The smallest absolute Gasteiger partial charge is 0.330 e. The number of aliphatic imine (C=N–C) groups is 1. The first kappa shape index (κ1) is 15.3. The molecule has 4 heteroatoms. The Balaban J connectivity index is 1.88. The predicted molar refractivity (Wildman–Crippen MR) is 89.4 cm³/mol. The van der Waals surface area contributed by atoms with Gasteiger partial charge in [-0.25, -0.2) is 4.79 Å². The molecule has 0 saturated carbocycles. The lowest BCUT2D eigenvalue weighted by Gasteiger charge is -2.21. The van der Waals surface area contributed by atoms with Crippen LogP contribution in [0.5, 0.6) is 11.5 Å². The van der Waals surface area contributed by atoms with Gasteiger partial charge >= 0.3 is 5.97 Å². The number of carbonyl (C=O) groups excluding carboxylic acids is 1. The second-order valence-electron chi connectivity index (χ2n) is 5.64. The largest absolute Gasteiger partial charge is 0.467 e. The molecule has 2 aromatic carbocycles. The molecule has 0 aliphatic carbocycles. The minimum Gasteiger partial charge on any atom is -0.467 e. The Morgan fingerprint density at radius 1 is 1.17 bits per heavy atom. The predicted octanol–water partition coefficient (Wildman–Crippen LogP) is 3.69. The van der Waals surface area contributed by atoms with Gasteiger partial charge in [0, 0.05) is 17.7 Å². The maximum atomic E-state index is 11.7. The van der Waals surface area contributed by atoms with Crippen molar-refractivity contribution >= 4 is 11.7 Å². The molecule has 0 aromatic heterocycles. The van der Waals surface area contributed by atoms with Crippen LogP contribution in [-0.2, 0) is 16.0 Å². The highest BCUT2D eigenvalue weighted by Gasteiger charge is 2.25. The SMILES string of the molecule is COC(=O)[C@@H]1Cc2ccc(Oc3ccccc3C)cc2C(C)=N1. The van der Waals surface area contributed by atoms with E-state index in [4.69, 9.17) is 9.47 Å². The molecule has 1 aliphatic rings. The summed E-state index contributed by atoms with van der Waals surface area (Å²) in [5, 5.41) is 0. The summed E-state index contributed by atoms with van der Waals surface area (Å²) in [7, 11) is 1.39. The number of carbonyl (C=O) groups is 1. The normalized spacial score (nSPS) is 16.3. The van der Waals surface area contributed by atoms with Crippen molar-refractivity contribution in [2.24, 2.45) is 4.99 Å². The summed E-state index contributed by atoms with van der Waals surface area (Å²) in [5.74, 6) is 1.31. The Morgan fingerprint density at radius 2 is 1.96 bits per heavy atom. The number of hydrogen-bond acceptors (Lipinski definition) is 4. The van der Waals surface area contributed by atoms with Crippen LogP contribution in [0.2, 0.25) is 0 Å². The number of esters is 1. The minimum absolute atomic E-state index is 0.296. The number of methoxy groups -OCH3 is 1. The van der Waals surface area contributed by atoms with E-state index >= 15 is 0 Å². The maximum Gasteiger partial charge on any atom is 0.330 e. The molecule has 23 heavy (non-hydrogen) atoms. The van der Waals surface area contributed by atoms with E-state index in [2.05, 4.69) is 4.99 Å². The fourth-order valence-corrected chi connectivity index (χ4v) is 2.76. The van der Waals surface area contributed by atoms with Gasteiger partial charge < -0.3 is 9.47 Å². The lowest BCUT2D eigenvalue weighted by molar-refractivity contribution is -0.142. The van der Waals surface area contributed by atoms with Crippen molar-refractivity contribution in [2.75, 3.05) is 7.11 Å². The van der Waals surface area contributed by atoms with Crippen LogP contribution in [-0.4, -0.2) is 24.8 Å². The van der Waals surface area contributed by atoms with Gasteiger partial charge in [0.1, 0.15) is 11.5 Å². The minimum atomic E-state index is -0.448. The highest BCUT2D eigenvalue weighted by atomic mass is 16.5. The number of aryl methyl sites for hydroxylation is 1. The third kappa shape index (κ3) is 3.11. The average molecular weight is 309 g/mol. The number of para-hydroxylation sites is 1. The summed E-state index contributed by atoms with van der Waals surface area (Å²) >= 11 is 0. The van der Waals surface area contributed by atoms with Crippen LogP contribution in [0.25, 0.3) is 0 Å². The van der Waals surface area contributed by atoms with Crippen molar-refractivity contribution in [1.29, 1.82) is 0 Å². The first-order valence-corrected chi connectivity index (χ1v) is 7.57. The topological polar surface area (TPSA) is 47.9 Å². The van der Waals surface area contributed by atoms with E-state index in [1.807, 2.05) is 56.3 Å². The van der Waals surface area contributed by atoms with Crippen molar-refractivity contribution in [1.82, 2.24) is 0 Å². The van der Waals surface area contributed by atoms with E-state index in [-0.39, 0.29) is 5.97 Å². The van der Waals surface area contributed by atoms with Crippen molar-refractivity contribution in [3.05, 3.63) is 59.2 Å². The number of hydrogen-bond donors (Lipinski definition) is 0. The summed E-state index contributed by atoms with van der Waals surface area (Å²) in [5.41, 5.74) is 4.03. The lowest BCUT2D eigenvalue weighted by Crippen LogP contribution is -2.28. The van der Waals surface area contributed by atoms with Gasteiger partial charge in [0.2, 0.25) is 0 Å². The molecule has 0 fully saturated rings. The first-order chi connectivity index (χ1) is 11.1. The van der Waals surface area contributed by atoms with Gasteiger partial charge in [-0.15, -0.1) is 0 Å². The van der Waals surface area contributed by atoms with Crippen LogP contribution in [0.3, 0.4) is 0 Å². The summed E-state index contributed by atoms with van der Waals surface area (Å²) in [6, 6.07) is 13.4. The number of rotatable bonds is 3. The number of benzene rings is 2. The van der Waals surface area contributed by atoms with Crippen molar-refractivity contribution in [3.8, 4) is 11.5 Å². The molecule has 4 nitrogen and oxygen atoms in total. The zero-order chi connectivity index (χ0) is 16.4. The molecule has 118 valence electrons. The molecule has 0 N–H and O–H groups in total. The number of fused-ring (bicyclic) bond motifs is 1. The van der Waals surface area contributed by atoms with E-state index in [1.54, 1.807) is 0 Å². The van der Waals surface area contributed by atoms with Gasteiger partial charge in [-0.3, -0.25) is 4.99 Å². The first-order valence-electron chi connectivity index (χ1n) is 7.57. The highest BCUT2D eigenvalue weighted by molar-refractivity contribution is 6.03. The highest BCUT2D eigenvalue weighted by Crippen LogP contribution is 2.29. The van der Waals surface area contributed by atoms with E-state index < -0.39 is 6.04 Å². The van der Waals surface area contributed by atoms with Gasteiger partial charge in [0.25, 0.3) is 0 Å². The second-order valence-corrected chi connectivity index (χ2v) is 5.64. The number of ether oxygens (including phenoxy) is 2. The lowest BCUT2D eigenvalue weighted by atomic mass is 9.94. The fourth-order valence-electron chi connectivity index (χ4n) is 2.76. The van der Waals surface area contributed by atoms with Crippen LogP contribution < -0.4 is 4.74 Å². The quantitative estimate of drug-likeness (QED) is 0.812. The van der Waals surface area contributed by atoms with E-state index in [1.165, 1.54) is 7.11 Å². The van der Waals surface area contributed by atoms with Crippen molar-refractivity contribution < 1.29 is 14.3 Å². The zero-order valence-corrected chi connectivity index (χ0v) is 13.5. The third-order valence-electron chi connectivity index (χ3n) is 4.03. The molecule has 0 saturated heterocycles. The van der Waals surface area contributed by atoms with Gasteiger partial charge in [0.05, 0.1) is 7.11 Å². The summed E-state index contributed by atoms with van der Waals surface area (Å²) in [6.07, 6.45) is 0.560. The monoisotopic (exact) mass is 309 g/mol. The van der Waals surface area contributed by atoms with Gasteiger partial charge in [0.15, 0.2) is 6.04 Å². The Labute approximate surface area is 135 Å². The molecule has 0 unspecified atom stereocenters. The van der Waals surface area contributed by atoms with Crippen LogP contribution in [0.4, 0.5) is 0 Å². The van der Waals surface area contributed by atoms with Gasteiger partial charge in [-0.05, 0) is 43.2 Å². The fraction of sp³-hybridized carbons (Fsp3) is 0.263. The Kier molecular flexibility index (Phi) is 4.15. The standard InChI is InChI=1S/C19H19NO3/c1-12-6-4-5-7-18(12)23-15-9-8-14-10-17(19(21)22-3)20-13(2)16(14)11-15/h4-9,11,17H,10H2,1-3H3/t17-/m0/s1. The molecule has 1 heterocycles. The Hall–Kier alpha value is -2.62. The average Bonchev–Trinajstić information content (AvgIpc) is 2.56. The molecule has 3 rings (SSSR count). The van der Waals surface area contributed by atoms with Crippen LogP contribution >= 0.6 is 0 Å². The molecule has 0 bridgehead atoms. The molecule has 2 aromatic rings. The maximum absolute atomic E-state index is 11.7. The third-order valence-corrected chi connectivity index (χ3v) is 4.03. The Morgan fingerprint density at radius 3 is 2.70 bits per heavy atom. The van der Waals surface area contributed by atoms with E-state index in [0.29, 0.717) is 6.42 Å². The van der Waals surface area contributed by atoms with Crippen molar-refractivity contribution in [2.45, 2.75) is 26.3 Å². The molecule has 0 spiro atoms. The van der Waals surface area contributed by atoms with Gasteiger partial charge in [-0.1, -0.05) is 24.3 Å². The zero-order valence-electron chi connectivity index (χ0n) is 13.5. The van der Waals surface area contributed by atoms with Crippen LogP contribution in [0.15, 0.2) is 47.5 Å². The molecule has 0 amide bonds. The summed E-state index contributed by atoms with van der Waals surface area (Å²) in [6.45, 7) is 3.92. The molecule has 1 atom stereocenters. The molecule has 1 aliphatic heterocycles. The molecular formula is C19H19NO3. The van der Waals surface area contributed by atoms with E-state index in [0.717, 1.165) is 33.9 Å². The Bertz CT molecular complexity index is 780. The van der Waals surface area contributed by atoms with Gasteiger partial charge in [-0.2, -0.15) is 0 Å². The summed E-state index contributed by atoms with van der Waals surface area (Å²) in [4.78, 5) is 16.2. The molecular weight excluding hydrogens is 290 g/mol. The van der Waals surface area contributed by atoms with Crippen LogP contribution in [0.1, 0.15) is 23.6 Å².